The largest absolute Gasteiger partial charge is 0.478 e. The van der Waals surface area contributed by atoms with Gasteiger partial charge in [0, 0.05) is 50.2 Å². The van der Waals surface area contributed by atoms with Crippen LogP contribution < -0.4 is 5.32 Å². The molecule has 31 heavy (non-hydrogen) atoms. The molecule has 2 N–H and O–H groups in total. The highest BCUT2D eigenvalue weighted by Gasteiger charge is 2.24. The van der Waals surface area contributed by atoms with Gasteiger partial charge < -0.3 is 10.4 Å². The minimum Gasteiger partial charge on any atom is -0.478 e. The van der Waals surface area contributed by atoms with Crippen molar-refractivity contribution in [2.45, 2.75) is 25.3 Å². The van der Waals surface area contributed by atoms with Crippen LogP contribution in [0.2, 0.25) is 0 Å². The third-order valence-electron chi connectivity index (χ3n) is 5.92. The molecule has 1 atom stereocenters. The van der Waals surface area contributed by atoms with E-state index in [0.29, 0.717) is 18.0 Å². The molecule has 0 spiro atoms. The molecular formula is C24H29N5O2. The number of carboxylic acids is 1. The summed E-state index contributed by atoms with van der Waals surface area (Å²) in [6, 6.07) is 12.1. The summed E-state index contributed by atoms with van der Waals surface area (Å²) >= 11 is 0. The fraction of sp³-hybridized carbons (Fsp3) is 0.375. The van der Waals surface area contributed by atoms with Crippen LogP contribution in [0.5, 0.6) is 0 Å². The van der Waals surface area contributed by atoms with Gasteiger partial charge in [0.25, 0.3) is 0 Å². The maximum absolute atomic E-state index is 11.7. The lowest BCUT2D eigenvalue weighted by Gasteiger charge is -2.32. The SMILES string of the molecule is CNCCN1CCCC(n2cc(-c3ccccc3)c(Cc3cnccc3C(=O)O)n2)C1. The fourth-order valence-corrected chi connectivity index (χ4v) is 4.28. The van der Waals surface area contributed by atoms with Crippen molar-refractivity contribution in [3.8, 4) is 11.1 Å². The van der Waals surface area contributed by atoms with Crippen LogP contribution in [0, 0.1) is 0 Å². The molecule has 1 fully saturated rings. The Morgan fingerprint density at radius 2 is 2.10 bits per heavy atom. The second-order valence-corrected chi connectivity index (χ2v) is 8.05. The Bertz CT molecular complexity index is 1020. The molecule has 1 aliphatic rings. The average Bonchev–Trinajstić information content (AvgIpc) is 3.22. The summed E-state index contributed by atoms with van der Waals surface area (Å²) in [4.78, 5) is 18.3. The van der Waals surface area contributed by atoms with E-state index in [4.69, 9.17) is 5.10 Å². The molecule has 1 unspecified atom stereocenters. The molecule has 1 aromatic carbocycles. The van der Waals surface area contributed by atoms with Gasteiger partial charge in [0.1, 0.15) is 0 Å². The Morgan fingerprint density at radius 1 is 1.26 bits per heavy atom. The topological polar surface area (TPSA) is 83.3 Å². The number of piperidine rings is 1. The predicted octanol–water partition coefficient (Wildman–Crippen LogP) is 3.09. The van der Waals surface area contributed by atoms with E-state index in [0.717, 1.165) is 55.8 Å². The normalized spacial score (nSPS) is 17.0. The Balaban J connectivity index is 1.66. The van der Waals surface area contributed by atoms with Gasteiger partial charge in [0.2, 0.25) is 0 Å². The molecule has 0 bridgehead atoms. The van der Waals surface area contributed by atoms with Crippen LogP contribution in [0.1, 0.15) is 40.5 Å². The molecule has 7 nitrogen and oxygen atoms in total. The van der Waals surface area contributed by atoms with Crippen molar-refractivity contribution in [1.29, 1.82) is 0 Å². The van der Waals surface area contributed by atoms with Crippen molar-refractivity contribution in [3.63, 3.8) is 0 Å². The van der Waals surface area contributed by atoms with Gasteiger partial charge in [0.05, 0.1) is 17.3 Å². The quantitative estimate of drug-likeness (QED) is 0.584. The van der Waals surface area contributed by atoms with Gasteiger partial charge in [-0.25, -0.2) is 4.79 Å². The number of nitrogens with zero attached hydrogens (tertiary/aromatic N) is 4. The van der Waals surface area contributed by atoms with Gasteiger partial charge >= 0.3 is 5.97 Å². The van der Waals surface area contributed by atoms with Crippen molar-refractivity contribution in [1.82, 2.24) is 25.0 Å². The Morgan fingerprint density at radius 3 is 2.87 bits per heavy atom. The molecule has 0 amide bonds. The number of carbonyl (C=O) groups is 1. The third kappa shape index (κ3) is 5.00. The standard InChI is InChI=1S/C24H29N5O2/c1-25-11-13-28-12-5-8-20(16-28)29-17-22(18-6-3-2-4-7-18)23(27-29)14-19-15-26-10-9-21(19)24(30)31/h2-4,6-7,9-10,15,17,20,25H,5,8,11-14,16H2,1H3,(H,30,31). The van der Waals surface area contributed by atoms with Crippen molar-refractivity contribution < 1.29 is 9.90 Å². The summed E-state index contributed by atoms with van der Waals surface area (Å²) in [7, 11) is 1.98. The van der Waals surface area contributed by atoms with Crippen LogP contribution in [0.15, 0.2) is 55.0 Å². The summed E-state index contributed by atoms with van der Waals surface area (Å²) in [5, 5.41) is 17.8. The molecule has 1 aliphatic heterocycles. The molecule has 4 rings (SSSR count). The molecule has 3 heterocycles. The second kappa shape index (κ2) is 9.85. The number of nitrogens with one attached hydrogen (secondary N) is 1. The lowest BCUT2D eigenvalue weighted by atomic mass is 10.00. The number of benzene rings is 1. The number of carboxylic acid groups (broad SMARTS) is 1. The van der Waals surface area contributed by atoms with E-state index in [2.05, 4.69) is 38.2 Å². The zero-order valence-electron chi connectivity index (χ0n) is 17.9. The summed E-state index contributed by atoms with van der Waals surface area (Å²) < 4.78 is 2.10. The first-order valence-electron chi connectivity index (χ1n) is 10.8. The Hall–Kier alpha value is -3.03. The van der Waals surface area contributed by atoms with Crippen molar-refractivity contribution in [2.75, 3.05) is 33.2 Å². The highest BCUT2D eigenvalue weighted by molar-refractivity contribution is 5.89. The molecule has 0 radical (unpaired) electrons. The predicted molar refractivity (Wildman–Crippen MR) is 120 cm³/mol. The van der Waals surface area contributed by atoms with Crippen LogP contribution in [-0.2, 0) is 6.42 Å². The molecule has 2 aromatic heterocycles. The van der Waals surface area contributed by atoms with Crippen molar-refractivity contribution in [3.05, 3.63) is 71.8 Å². The van der Waals surface area contributed by atoms with Crippen LogP contribution >= 0.6 is 0 Å². The highest BCUT2D eigenvalue weighted by Crippen LogP contribution is 2.29. The van der Waals surface area contributed by atoms with Crippen LogP contribution in [0.25, 0.3) is 11.1 Å². The third-order valence-corrected chi connectivity index (χ3v) is 5.92. The van der Waals surface area contributed by atoms with E-state index in [1.165, 1.54) is 6.20 Å². The van der Waals surface area contributed by atoms with Gasteiger partial charge in [0.15, 0.2) is 0 Å². The number of rotatable bonds is 8. The van der Waals surface area contributed by atoms with E-state index in [9.17, 15) is 9.90 Å². The minimum absolute atomic E-state index is 0.277. The Kier molecular flexibility index (Phi) is 6.74. The zero-order valence-corrected chi connectivity index (χ0v) is 17.9. The molecule has 7 heteroatoms. The number of hydrogen-bond donors (Lipinski definition) is 2. The van der Waals surface area contributed by atoms with Gasteiger partial charge in [-0.15, -0.1) is 0 Å². The zero-order chi connectivity index (χ0) is 21.6. The molecule has 162 valence electrons. The summed E-state index contributed by atoms with van der Waals surface area (Å²) in [5.74, 6) is -0.939. The molecule has 1 saturated heterocycles. The first-order valence-corrected chi connectivity index (χ1v) is 10.8. The minimum atomic E-state index is -0.939. The molecule has 0 aliphatic carbocycles. The first kappa shape index (κ1) is 21.2. The monoisotopic (exact) mass is 419 g/mol. The van der Waals surface area contributed by atoms with Crippen LogP contribution in [0.3, 0.4) is 0 Å². The summed E-state index contributed by atoms with van der Waals surface area (Å²) in [6.45, 7) is 4.11. The van der Waals surface area contributed by atoms with E-state index >= 15 is 0 Å². The summed E-state index contributed by atoms with van der Waals surface area (Å²) in [6.07, 6.45) is 7.97. The number of pyridine rings is 1. The second-order valence-electron chi connectivity index (χ2n) is 8.05. The molecular weight excluding hydrogens is 390 g/mol. The fourth-order valence-electron chi connectivity index (χ4n) is 4.28. The van der Waals surface area contributed by atoms with Gasteiger partial charge in [-0.3, -0.25) is 14.6 Å². The molecule has 3 aromatic rings. The van der Waals surface area contributed by atoms with Crippen LogP contribution in [-0.4, -0.2) is 64.0 Å². The van der Waals surface area contributed by atoms with Gasteiger partial charge in [-0.1, -0.05) is 30.3 Å². The number of likely N-dealkylation sites (tertiary alicyclic amines) is 1. The maximum atomic E-state index is 11.7. The van der Waals surface area contributed by atoms with E-state index < -0.39 is 5.97 Å². The smallest absolute Gasteiger partial charge is 0.336 e. The summed E-state index contributed by atoms with van der Waals surface area (Å²) in [5.41, 5.74) is 3.98. The van der Waals surface area contributed by atoms with Gasteiger partial charge in [-0.05, 0) is 43.6 Å². The lowest BCUT2D eigenvalue weighted by Crippen LogP contribution is -2.40. The van der Waals surface area contributed by atoms with Crippen molar-refractivity contribution in [2.24, 2.45) is 0 Å². The number of aromatic nitrogens is 3. The first-order chi connectivity index (χ1) is 15.2. The number of hydrogen-bond acceptors (Lipinski definition) is 5. The maximum Gasteiger partial charge on any atom is 0.336 e. The van der Waals surface area contributed by atoms with Crippen molar-refractivity contribution >= 4 is 5.97 Å². The van der Waals surface area contributed by atoms with E-state index in [1.807, 2.05) is 25.2 Å². The highest BCUT2D eigenvalue weighted by atomic mass is 16.4. The Labute approximate surface area is 182 Å². The number of aromatic carboxylic acids is 1. The van der Waals surface area contributed by atoms with Crippen LogP contribution in [0.4, 0.5) is 0 Å². The lowest BCUT2D eigenvalue weighted by molar-refractivity contribution is 0.0695. The average molecular weight is 420 g/mol. The van der Waals surface area contributed by atoms with E-state index in [-0.39, 0.29) is 5.56 Å². The van der Waals surface area contributed by atoms with Gasteiger partial charge in [-0.2, -0.15) is 5.10 Å². The number of likely N-dealkylation sites (N-methyl/N-ethyl adjacent to an activating group) is 1. The van der Waals surface area contributed by atoms with E-state index in [1.54, 1.807) is 12.3 Å². The molecule has 0 saturated carbocycles.